The first kappa shape index (κ1) is 18.6. The fraction of sp³-hybridized carbons (Fsp3) is 0.350. The molecule has 1 saturated heterocycles. The van der Waals surface area contributed by atoms with E-state index in [9.17, 15) is 4.79 Å². The average Bonchev–Trinajstić information content (AvgIpc) is 3.11. The molecular weight excluding hydrogens is 432 g/mol. The molecule has 0 radical (unpaired) electrons. The Kier molecular flexibility index (Phi) is 5.57. The van der Waals surface area contributed by atoms with Gasteiger partial charge in [0.05, 0.1) is 17.3 Å². The summed E-state index contributed by atoms with van der Waals surface area (Å²) < 4.78 is 12.2. The fourth-order valence-corrected chi connectivity index (χ4v) is 4.35. The van der Waals surface area contributed by atoms with Crippen molar-refractivity contribution in [1.82, 2.24) is 4.90 Å². The average molecular weight is 452 g/mol. The lowest BCUT2D eigenvalue weighted by atomic mass is 10.0. The SMILES string of the molecule is O=C(CN1CCCC1c1ccc2c(c1)OCCO2)Nc1ccc(Br)cc1Cl. The summed E-state index contributed by atoms with van der Waals surface area (Å²) in [4.78, 5) is 14.7. The molecule has 1 fully saturated rings. The van der Waals surface area contributed by atoms with Crippen molar-refractivity contribution in [3.63, 3.8) is 0 Å². The third-order valence-corrected chi connectivity index (χ3v) is 5.67. The number of rotatable bonds is 4. The molecular formula is C20H20BrClN2O3. The maximum absolute atomic E-state index is 12.5. The van der Waals surface area contributed by atoms with Gasteiger partial charge in [-0.3, -0.25) is 9.69 Å². The number of likely N-dealkylation sites (tertiary alicyclic amines) is 1. The Labute approximate surface area is 171 Å². The number of benzene rings is 2. The number of hydrogen-bond donors (Lipinski definition) is 1. The largest absolute Gasteiger partial charge is 0.486 e. The molecule has 2 aromatic rings. The fourth-order valence-electron chi connectivity index (χ4n) is 3.63. The van der Waals surface area contributed by atoms with Crippen LogP contribution in [0.2, 0.25) is 5.02 Å². The first-order valence-electron chi connectivity index (χ1n) is 8.98. The van der Waals surface area contributed by atoms with Crippen LogP contribution in [0.15, 0.2) is 40.9 Å². The van der Waals surface area contributed by atoms with Crippen LogP contribution < -0.4 is 14.8 Å². The molecule has 1 unspecified atom stereocenters. The summed E-state index contributed by atoms with van der Waals surface area (Å²) in [6.45, 7) is 2.37. The van der Waals surface area contributed by atoms with Crippen molar-refractivity contribution in [2.24, 2.45) is 0 Å². The molecule has 0 aromatic heterocycles. The van der Waals surface area contributed by atoms with Crippen molar-refractivity contribution < 1.29 is 14.3 Å². The number of nitrogens with one attached hydrogen (secondary N) is 1. The molecule has 0 aliphatic carbocycles. The molecule has 2 aliphatic heterocycles. The number of halogens is 2. The number of carbonyl (C=O) groups excluding carboxylic acids is 1. The minimum absolute atomic E-state index is 0.0661. The molecule has 5 nitrogen and oxygen atoms in total. The minimum atomic E-state index is -0.0661. The summed E-state index contributed by atoms with van der Waals surface area (Å²) in [5.41, 5.74) is 1.78. The third kappa shape index (κ3) is 4.23. The molecule has 7 heteroatoms. The number of amides is 1. The number of hydrogen-bond acceptors (Lipinski definition) is 4. The van der Waals surface area contributed by atoms with E-state index in [2.05, 4.69) is 32.2 Å². The van der Waals surface area contributed by atoms with Gasteiger partial charge in [0, 0.05) is 10.5 Å². The highest BCUT2D eigenvalue weighted by Crippen LogP contribution is 2.38. The molecule has 0 bridgehead atoms. The predicted molar refractivity (Wildman–Crippen MR) is 109 cm³/mol. The second-order valence-electron chi connectivity index (χ2n) is 6.70. The van der Waals surface area contributed by atoms with E-state index in [1.165, 1.54) is 0 Å². The van der Waals surface area contributed by atoms with Gasteiger partial charge in [-0.25, -0.2) is 0 Å². The summed E-state index contributed by atoms with van der Waals surface area (Å²) in [5.74, 6) is 1.51. The second kappa shape index (κ2) is 8.09. The van der Waals surface area contributed by atoms with Gasteiger partial charge < -0.3 is 14.8 Å². The van der Waals surface area contributed by atoms with Crippen molar-refractivity contribution in [2.45, 2.75) is 18.9 Å². The highest BCUT2D eigenvalue weighted by atomic mass is 79.9. The van der Waals surface area contributed by atoms with E-state index in [1.807, 2.05) is 18.2 Å². The maximum Gasteiger partial charge on any atom is 0.238 e. The number of nitrogens with zero attached hydrogens (tertiary/aromatic N) is 1. The molecule has 2 heterocycles. The lowest BCUT2D eigenvalue weighted by Gasteiger charge is -2.26. The standard InChI is InChI=1S/C20H20BrClN2O3/c21-14-4-5-16(15(22)11-14)23-20(25)12-24-7-1-2-17(24)13-3-6-18-19(10-13)27-9-8-26-18/h3-6,10-11,17H,1-2,7-9,12H2,(H,23,25). The molecule has 0 spiro atoms. The molecule has 0 saturated carbocycles. The normalized spacial score (nSPS) is 19.1. The highest BCUT2D eigenvalue weighted by Gasteiger charge is 2.28. The highest BCUT2D eigenvalue weighted by molar-refractivity contribution is 9.10. The van der Waals surface area contributed by atoms with Gasteiger partial charge in [-0.2, -0.15) is 0 Å². The molecule has 27 heavy (non-hydrogen) atoms. The van der Waals surface area contributed by atoms with Crippen molar-refractivity contribution in [3.8, 4) is 11.5 Å². The van der Waals surface area contributed by atoms with Crippen molar-refractivity contribution in [3.05, 3.63) is 51.5 Å². The zero-order valence-corrected chi connectivity index (χ0v) is 17.1. The van der Waals surface area contributed by atoms with Crippen molar-refractivity contribution in [2.75, 3.05) is 31.6 Å². The smallest absolute Gasteiger partial charge is 0.238 e. The zero-order chi connectivity index (χ0) is 18.8. The molecule has 142 valence electrons. The van der Waals surface area contributed by atoms with E-state index >= 15 is 0 Å². The van der Waals surface area contributed by atoms with E-state index in [0.29, 0.717) is 30.5 Å². The Morgan fingerprint density at radius 3 is 2.81 bits per heavy atom. The van der Waals surface area contributed by atoms with Gasteiger partial charge in [0.1, 0.15) is 13.2 Å². The van der Waals surface area contributed by atoms with Crippen LogP contribution >= 0.6 is 27.5 Å². The molecule has 2 aromatic carbocycles. The summed E-state index contributed by atoms with van der Waals surface area (Å²) in [6, 6.07) is 11.7. The molecule has 1 atom stereocenters. The van der Waals surface area contributed by atoms with Crippen LogP contribution in [-0.4, -0.2) is 37.1 Å². The lowest BCUT2D eigenvalue weighted by molar-refractivity contribution is -0.117. The molecule has 1 amide bonds. The summed E-state index contributed by atoms with van der Waals surface area (Å²) in [5, 5.41) is 3.42. The van der Waals surface area contributed by atoms with Gasteiger partial charge in [0.25, 0.3) is 0 Å². The van der Waals surface area contributed by atoms with Crippen LogP contribution in [-0.2, 0) is 4.79 Å². The van der Waals surface area contributed by atoms with E-state index in [-0.39, 0.29) is 11.9 Å². The predicted octanol–water partition coefficient (Wildman–Crippen LogP) is 4.65. The van der Waals surface area contributed by atoms with Crippen molar-refractivity contribution in [1.29, 1.82) is 0 Å². The summed E-state index contributed by atoms with van der Waals surface area (Å²) >= 11 is 9.57. The quantitative estimate of drug-likeness (QED) is 0.735. The Morgan fingerprint density at radius 1 is 1.19 bits per heavy atom. The number of anilines is 1. The van der Waals surface area contributed by atoms with E-state index < -0.39 is 0 Å². The van der Waals surface area contributed by atoms with Gasteiger partial charge in [-0.05, 0) is 55.3 Å². The Morgan fingerprint density at radius 2 is 2.00 bits per heavy atom. The van der Waals surface area contributed by atoms with Crippen LogP contribution in [0.3, 0.4) is 0 Å². The zero-order valence-electron chi connectivity index (χ0n) is 14.7. The molecule has 1 N–H and O–H groups in total. The lowest BCUT2D eigenvalue weighted by Crippen LogP contribution is -2.33. The maximum atomic E-state index is 12.5. The number of carbonyl (C=O) groups is 1. The van der Waals surface area contributed by atoms with Crippen LogP contribution in [0.1, 0.15) is 24.4 Å². The van der Waals surface area contributed by atoms with Gasteiger partial charge in [-0.1, -0.05) is 33.6 Å². The van der Waals surface area contributed by atoms with Crippen LogP contribution in [0.5, 0.6) is 11.5 Å². The van der Waals surface area contributed by atoms with Crippen LogP contribution in [0.4, 0.5) is 5.69 Å². The van der Waals surface area contributed by atoms with Crippen LogP contribution in [0, 0.1) is 0 Å². The minimum Gasteiger partial charge on any atom is -0.486 e. The van der Waals surface area contributed by atoms with Gasteiger partial charge in [-0.15, -0.1) is 0 Å². The van der Waals surface area contributed by atoms with Crippen molar-refractivity contribution >= 4 is 39.1 Å². The Bertz CT molecular complexity index is 861. The summed E-state index contributed by atoms with van der Waals surface area (Å²) in [7, 11) is 0. The Hall–Kier alpha value is -1.76. The molecule has 2 aliphatic rings. The number of fused-ring (bicyclic) bond motifs is 1. The van der Waals surface area contributed by atoms with E-state index in [1.54, 1.807) is 12.1 Å². The number of ether oxygens (including phenoxy) is 2. The van der Waals surface area contributed by atoms with Crippen LogP contribution in [0.25, 0.3) is 0 Å². The summed E-state index contributed by atoms with van der Waals surface area (Å²) in [6.07, 6.45) is 2.08. The van der Waals surface area contributed by atoms with E-state index in [4.69, 9.17) is 21.1 Å². The topological polar surface area (TPSA) is 50.8 Å². The van der Waals surface area contributed by atoms with E-state index in [0.717, 1.165) is 40.9 Å². The third-order valence-electron chi connectivity index (χ3n) is 4.87. The van der Waals surface area contributed by atoms with Gasteiger partial charge >= 0.3 is 0 Å². The monoisotopic (exact) mass is 450 g/mol. The molecule has 4 rings (SSSR count). The second-order valence-corrected chi connectivity index (χ2v) is 8.03. The van der Waals surface area contributed by atoms with Gasteiger partial charge in [0.2, 0.25) is 5.91 Å². The first-order valence-corrected chi connectivity index (χ1v) is 10.2. The first-order chi connectivity index (χ1) is 13.1. The Balaban J connectivity index is 1.44. The van der Waals surface area contributed by atoms with Gasteiger partial charge in [0.15, 0.2) is 11.5 Å².